The molecule has 7 unspecified atom stereocenters. The second kappa shape index (κ2) is 2.63. The molecule has 0 bridgehead atoms. The van der Waals surface area contributed by atoms with Crippen molar-refractivity contribution in [2.75, 3.05) is 0 Å². The Morgan fingerprint density at radius 2 is 1.87 bits per heavy atom. The first-order valence-corrected chi connectivity index (χ1v) is 6.96. The predicted octanol–water partition coefficient (Wildman–Crippen LogP) is 4.35. The van der Waals surface area contributed by atoms with E-state index in [0.717, 1.165) is 35.0 Å². The summed E-state index contributed by atoms with van der Waals surface area (Å²) in [7, 11) is 0. The minimum Gasteiger partial charge on any atom is -0.0651 e. The zero-order valence-electron chi connectivity index (χ0n) is 11.0. The fraction of sp³-hybridized carbons (Fsp3) is 1.00. The highest BCUT2D eigenvalue weighted by molar-refractivity contribution is 5.24. The van der Waals surface area contributed by atoms with Gasteiger partial charge in [-0.25, -0.2) is 0 Å². The topological polar surface area (TPSA) is 0 Å². The highest BCUT2D eigenvalue weighted by Gasteiger charge is 2.76. The highest BCUT2D eigenvalue weighted by atomic mass is 14.8. The van der Waals surface area contributed by atoms with Gasteiger partial charge in [-0.3, -0.25) is 0 Å². The van der Waals surface area contributed by atoms with Gasteiger partial charge >= 0.3 is 0 Å². The first-order chi connectivity index (χ1) is 6.96. The Kier molecular flexibility index (Phi) is 1.78. The smallest absolute Gasteiger partial charge is 0.0230 e. The van der Waals surface area contributed by atoms with E-state index in [-0.39, 0.29) is 0 Å². The molecule has 86 valence electrons. The van der Waals surface area contributed by atoms with Gasteiger partial charge in [-0.15, -0.1) is 0 Å². The quantitative estimate of drug-likeness (QED) is 0.630. The van der Waals surface area contributed by atoms with Crippen molar-refractivity contribution in [3.8, 4) is 0 Å². The largest absolute Gasteiger partial charge is 0.0651 e. The lowest BCUT2D eigenvalue weighted by atomic mass is 9.45. The summed E-state index contributed by atoms with van der Waals surface area (Å²) in [6.07, 6.45) is 4.48. The van der Waals surface area contributed by atoms with Gasteiger partial charge in [0.05, 0.1) is 0 Å². The molecule has 15 heavy (non-hydrogen) atoms. The summed E-state index contributed by atoms with van der Waals surface area (Å²) in [5.41, 5.74) is 1.48. The molecule has 3 saturated carbocycles. The predicted molar refractivity (Wildman–Crippen MR) is 64.5 cm³/mol. The van der Waals surface area contributed by atoms with Gasteiger partial charge < -0.3 is 0 Å². The fourth-order valence-electron chi connectivity index (χ4n) is 5.71. The second-order valence-corrected chi connectivity index (χ2v) is 7.25. The van der Waals surface area contributed by atoms with Crippen molar-refractivity contribution in [1.29, 1.82) is 0 Å². The van der Waals surface area contributed by atoms with Crippen LogP contribution in [0.4, 0.5) is 0 Å². The second-order valence-electron chi connectivity index (χ2n) is 7.25. The zero-order valence-corrected chi connectivity index (χ0v) is 11.0. The molecular formula is C15H26. The van der Waals surface area contributed by atoms with Crippen LogP contribution in [0.1, 0.15) is 53.9 Å². The molecule has 0 saturated heterocycles. The summed E-state index contributed by atoms with van der Waals surface area (Å²) >= 11 is 0. The Morgan fingerprint density at radius 3 is 2.27 bits per heavy atom. The molecule has 0 spiro atoms. The lowest BCUT2D eigenvalue weighted by Crippen LogP contribution is -2.53. The molecule has 3 fully saturated rings. The van der Waals surface area contributed by atoms with Gasteiger partial charge in [-0.1, -0.05) is 41.0 Å². The summed E-state index contributed by atoms with van der Waals surface area (Å²) in [4.78, 5) is 0. The minimum absolute atomic E-state index is 0.703. The highest BCUT2D eigenvalue weighted by Crippen LogP contribution is 2.82. The van der Waals surface area contributed by atoms with Crippen molar-refractivity contribution in [1.82, 2.24) is 0 Å². The molecule has 0 aromatic carbocycles. The van der Waals surface area contributed by atoms with E-state index in [2.05, 4.69) is 34.6 Å². The Hall–Kier alpha value is 0. The molecule has 0 aromatic heterocycles. The lowest BCUT2D eigenvalue weighted by molar-refractivity contribution is -0.116. The van der Waals surface area contributed by atoms with Crippen LogP contribution in [0.2, 0.25) is 0 Å². The Labute approximate surface area is 94.8 Å². The third-order valence-corrected chi connectivity index (χ3v) is 7.11. The van der Waals surface area contributed by atoms with Crippen molar-refractivity contribution in [3.63, 3.8) is 0 Å². The minimum atomic E-state index is 0.703. The standard InChI is InChI=1S/C15H26/c1-6-11-12-7-13(15(11,12)5)14(4)8-9(2)10(14)3/h9-13H,6-8H2,1-5H3. The SMILES string of the molecule is CCC1C2CC(C3(C)CC(C)C3C)C12C. The van der Waals surface area contributed by atoms with Gasteiger partial charge in [0.2, 0.25) is 0 Å². The third kappa shape index (κ3) is 0.913. The molecule has 0 radical (unpaired) electrons. The van der Waals surface area contributed by atoms with Crippen LogP contribution in [0.5, 0.6) is 0 Å². The Balaban J connectivity index is 1.76. The van der Waals surface area contributed by atoms with Crippen molar-refractivity contribution in [2.45, 2.75) is 53.9 Å². The summed E-state index contributed by atoms with van der Waals surface area (Å²) in [6.45, 7) is 12.5. The lowest BCUT2D eigenvalue weighted by Gasteiger charge is -2.60. The molecule has 0 aliphatic heterocycles. The molecule has 3 aliphatic carbocycles. The monoisotopic (exact) mass is 206 g/mol. The van der Waals surface area contributed by atoms with Crippen LogP contribution in [0, 0.1) is 40.4 Å². The van der Waals surface area contributed by atoms with Crippen molar-refractivity contribution >= 4 is 0 Å². The average molecular weight is 206 g/mol. The van der Waals surface area contributed by atoms with Gasteiger partial charge in [0, 0.05) is 0 Å². The van der Waals surface area contributed by atoms with Gasteiger partial charge in [-0.05, 0) is 53.3 Å². The van der Waals surface area contributed by atoms with Crippen molar-refractivity contribution in [2.24, 2.45) is 40.4 Å². The summed E-state index contributed by atoms with van der Waals surface area (Å²) in [6, 6.07) is 0. The zero-order chi connectivity index (χ0) is 11.0. The summed E-state index contributed by atoms with van der Waals surface area (Å²) < 4.78 is 0. The van der Waals surface area contributed by atoms with E-state index in [1.165, 1.54) is 12.8 Å². The maximum Gasteiger partial charge on any atom is -0.0230 e. The number of hydrogen-bond acceptors (Lipinski definition) is 0. The molecule has 0 amide bonds. The van der Waals surface area contributed by atoms with E-state index >= 15 is 0 Å². The van der Waals surface area contributed by atoms with E-state index in [1.807, 2.05) is 0 Å². The first kappa shape index (κ1) is 10.2. The van der Waals surface area contributed by atoms with Gasteiger partial charge in [0.25, 0.3) is 0 Å². The molecule has 7 atom stereocenters. The van der Waals surface area contributed by atoms with Crippen molar-refractivity contribution < 1.29 is 0 Å². The maximum absolute atomic E-state index is 2.58. The molecule has 0 aromatic rings. The number of hydrogen-bond donors (Lipinski definition) is 0. The number of rotatable bonds is 2. The molecule has 0 heterocycles. The maximum atomic E-state index is 2.58. The molecule has 0 heteroatoms. The molecule has 0 N–H and O–H groups in total. The van der Waals surface area contributed by atoms with Crippen LogP contribution in [0.25, 0.3) is 0 Å². The van der Waals surface area contributed by atoms with E-state index in [4.69, 9.17) is 0 Å². The fourth-order valence-corrected chi connectivity index (χ4v) is 5.71. The van der Waals surface area contributed by atoms with Crippen LogP contribution in [0.15, 0.2) is 0 Å². The van der Waals surface area contributed by atoms with Crippen LogP contribution in [-0.4, -0.2) is 0 Å². The van der Waals surface area contributed by atoms with Gasteiger partial charge in [0.1, 0.15) is 0 Å². The van der Waals surface area contributed by atoms with Crippen LogP contribution >= 0.6 is 0 Å². The average Bonchev–Trinajstić information content (AvgIpc) is 2.65. The van der Waals surface area contributed by atoms with E-state index in [0.29, 0.717) is 5.41 Å². The first-order valence-electron chi connectivity index (χ1n) is 6.96. The Bertz CT molecular complexity index is 294. The van der Waals surface area contributed by atoms with Gasteiger partial charge in [-0.2, -0.15) is 0 Å². The van der Waals surface area contributed by atoms with Crippen molar-refractivity contribution in [3.05, 3.63) is 0 Å². The van der Waals surface area contributed by atoms with Crippen LogP contribution in [0.3, 0.4) is 0 Å². The van der Waals surface area contributed by atoms with Crippen LogP contribution in [-0.2, 0) is 0 Å². The summed E-state index contributed by atoms with van der Waals surface area (Å²) in [5, 5.41) is 0. The van der Waals surface area contributed by atoms with Gasteiger partial charge in [0.15, 0.2) is 0 Å². The molecule has 3 rings (SSSR count). The van der Waals surface area contributed by atoms with E-state index < -0.39 is 0 Å². The summed E-state index contributed by atoms with van der Waals surface area (Å²) in [5.74, 6) is 5.22. The normalized spacial score (nSPS) is 66.6. The Morgan fingerprint density at radius 1 is 1.20 bits per heavy atom. The molecular weight excluding hydrogens is 180 g/mol. The molecule has 0 nitrogen and oxygen atoms in total. The number of fused-ring (bicyclic) bond motifs is 1. The third-order valence-electron chi connectivity index (χ3n) is 7.11. The molecule has 3 aliphatic rings. The van der Waals surface area contributed by atoms with E-state index in [1.54, 1.807) is 6.42 Å². The van der Waals surface area contributed by atoms with E-state index in [9.17, 15) is 0 Å². The van der Waals surface area contributed by atoms with Crippen LogP contribution < -0.4 is 0 Å².